The number of nitrogens with two attached hydrogens (primary N) is 1. The molecule has 1 fully saturated rings. The Kier molecular flexibility index (Phi) is 8.84. The Morgan fingerprint density at radius 2 is 1.77 bits per heavy atom. The fourth-order valence-corrected chi connectivity index (χ4v) is 3.37. The van der Waals surface area contributed by atoms with Gasteiger partial charge in [0.1, 0.15) is 12.6 Å². The van der Waals surface area contributed by atoms with Crippen LogP contribution in [0.1, 0.15) is 42.5 Å². The van der Waals surface area contributed by atoms with Crippen molar-refractivity contribution < 1.29 is 14.3 Å². The van der Waals surface area contributed by atoms with Crippen molar-refractivity contribution in [2.75, 3.05) is 19.8 Å². The second kappa shape index (κ2) is 11.1. The number of carbonyl (C=O) groups is 2. The number of nitrogens with zero attached hydrogens (tertiary/aromatic N) is 1. The van der Waals surface area contributed by atoms with Gasteiger partial charge in [0.15, 0.2) is 0 Å². The van der Waals surface area contributed by atoms with Crippen LogP contribution in [0.5, 0.6) is 0 Å². The number of hydrogen-bond donors (Lipinski definition) is 2. The minimum absolute atomic E-state index is 0. The van der Waals surface area contributed by atoms with Gasteiger partial charge >= 0.3 is 0 Å². The predicted octanol–water partition coefficient (Wildman–Crippen LogP) is 2.78. The van der Waals surface area contributed by atoms with E-state index in [1.54, 1.807) is 4.90 Å². The number of carbonyl (C=O) groups excluding carboxylic acids is 2. The molecule has 30 heavy (non-hydrogen) atoms. The molecule has 1 unspecified atom stereocenters. The van der Waals surface area contributed by atoms with Gasteiger partial charge in [0.25, 0.3) is 0 Å². The second-order valence-corrected chi connectivity index (χ2v) is 7.71. The van der Waals surface area contributed by atoms with Crippen LogP contribution in [-0.2, 0) is 20.9 Å². The molecule has 1 aliphatic heterocycles. The van der Waals surface area contributed by atoms with Crippen LogP contribution in [0, 0.1) is 0 Å². The highest BCUT2D eigenvalue weighted by Crippen LogP contribution is 2.18. The van der Waals surface area contributed by atoms with Gasteiger partial charge in [0, 0.05) is 19.1 Å². The summed E-state index contributed by atoms with van der Waals surface area (Å²) in [6, 6.07) is 16.8. The zero-order chi connectivity index (χ0) is 20.8. The fourth-order valence-electron chi connectivity index (χ4n) is 3.37. The lowest BCUT2D eigenvalue weighted by molar-refractivity contribution is -0.155. The zero-order valence-corrected chi connectivity index (χ0v) is 18.2. The Balaban J connectivity index is 0.00000320. The Bertz CT molecular complexity index is 827. The highest BCUT2D eigenvalue weighted by atomic mass is 35.5. The number of benzene rings is 2. The Morgan fingerprint density at radius 3 is 2.40 bits per heavy atom. The monoisotopic (exact) mass is 431 g/mol. The third-order valence-corrected chi connectivity index (χ3v) is 5.22. The molecular formula is C23H30ClN3O3. The molecule has 0 aliphatic carbocycles. The van der Waals surface area contributed by atoms with Crippen LogP contribution in [-0.4, -0.2) is 42.5 Å². The van der Waals surface area contributed by atoms with Crippen LogP contribution in [0.15, 0.2) is 54.6 Å². The van der Waals surface area contributed by atoms with Crippen LogP contribution < -0.4 is 11.1 Å². The number of halogens is 1. The molecule has 0 aromatic heterocycles. The first-order chi connectivity index (χ1) is 14.0. The van der Waals surface area contributed by atoms with Crippen molar-refractivity contribution in [3.63, 3.8) is 0 Å². The number of morpholine rings is 1. The summed E-state index contributed by atoms with van der Waals surface area (Å²) in [5, 5.41) is 2.89. The molecule has 2 aromatic carbocycles. The van der Waals surface area contributed by atoms with Gasteiger partial charge in [0.05, 0.1) is 6.61 Å². The summed E-state index contributed by atoms with van der Waals surface area (Å²) in [5.74, 6) is 0.0245. The third-order valence-electron chi connectivity index (χ3n) is 5.22. The molecule has 2 amide bonds. The van der Waals surface area contributed by atoms with E-state index in [4.69, 9.17) is 10.5 Å². The smallest absolute Gasteiger partial charge is 0.249 e. The summed E-state index contributed by atoms with van der Waals surface area (Å²) in [6.07, 6.45) is 0. The summed E-state index contributed by atoms with van der Waals surface area (Å²) in [4.78, 5) is 26.7. The van der Waals surface area contributed by atoms with Crippen LogP contribution >= 0.6 is 12.4 Å². The minimum Gasteiger partial charge on any atom is -0.369 e. The Labute approximate surface area is 184 Å². The first-order valence-electron chi connectivity index (χ1n) is 10.00. The van der Waals surface area contributed by atoms with E-state index in [0.29, 0.717) is 19.0 Å². The van der Waals surface area contributed by atoms with Crippen molar-refractivity contribution in [2.24, 2.45) is 5.73 Å². The second-order valence-electron chi connectivity index (χ2n) is 7.71. The fraction of sp³-hybridized carbons (Fsp3) is 0.391. The topological polar surface area (TPSA) is 84.7 Å². The van der Waals surface area contributed by atoms with Crippen molar-refractivity contribution >= 4 is 24.2 Å². The predicted molar refractivity (Wildman–Crippen MR) is 119 cm³/mol. The van der Waals surface area contributed by atoms with Gasteiger partial charge < -0.3 is 20.7 Å². The van der Waals surface area contributed by atoms with Crippen LogP contribution in [0.2, 0.25) is 0 Å². The van der Waals surface area contributed by atoms with Gasteiger partial charge in [-0.1, -0.05) is 68.4 Å². The molecule has 0 spiro atoms. The summed E-state index contributed by atoms with van der Waals surface area (Å²) in [5.41, 5.74) is 9.45. The summed E-state index contributed by atoms with van der Waals surface area (Å²) < 4.78 is 5.33. The number of rotatable bonds is 7. The molecule has 0 radical (unpaired) electrons. The van der Waals surface area contributed by atoms with Crippen molar-refractivity contribution in [1.82, 2.24) is 10.2 Å². The number of ether oxygens (including phenoxy) is 1. The van der Waals surface area contributed by atoms with Gasteiger partial charge in [-0.25, -0.2) is 0 Å². The van der Waals surface area contributed by atoms with E-state index >= 15 is 0 Å². The first-order valence-corrected chi connectivity index (χ1v) is 10.00. The number of nitrogens with one attached hydrogen (secondary N) is 1. The largest absolute Gasteiger partial charge is 0.369 e. The quantitative estimate of drug-likeness (QED) is 0.706. The number of amides is 2. The molecule has 7 heteroatoms. The standard InChI is InChI=1S/C23H29N3O3.ClH/c1-16(2)18-8-10-19(11-9-18)20(24)12-25-23(28)21-14-29-15-22(27)26(21)13-17-6-4-3-5-7-17;/h3-11,16,20-21H,12-15,24H2,1-2H3,(H,25,28);1H/t20?,21-;/m1./s1. The van der Waals surface area contributed by atoms with E-state index in [-0.39, 0.29) is 43.5 Å². The normalized spacial score (nSPS) is 17.4. The molecule has 0 saturated carbocycles. The van der Waals surface area contributed by atoms with Gasteiger partial charge in [-0.3, -0.25) is 9.59 Å². The Morgan fingerprint density at radius 1 is 1.13 bits per heavy atom. The zero-order valence-electron chi connectivity index (χ0n) is 17.4. The van der Waals surface area contributed by atoms with Crippen molar-refractivity contribution in [2.45, 2.75) is 38.4 Å². The van der Waals surface area contributed by atoms with Crippen LogP contribution in [0.25, 0.3) is 0 Å². The van der Waals surface area contributed by atoms with Crippen LogP contribution in [0.3, 0.4) is 0 Å². The highest BCUT2D eigenvalue weighted by molar-refractivity contribution is 5.89. The maximum Gasteiger partial charge on any atom is 0.249 e. The van der Waals surface area contributed by atoms with Crippen molar-refractivity contribution in [1.29, 1.82) is 0 Å². The molecule has 3 N–H and O–H groups in total. The van der Waals surface area contributed by atoms with E-state index in [9.17, 15) is 9.59 Å². The summed E-state index contributed by atoms with van der Waals surface area (Å²) in [6.45, 7) is 5.14. The van der Waals surface area contributed by atoms with Gasteiger partial charge in [-0.05, 0) is 22.6 Å². The molecule has 1 aliphatic rings. The summed E-state index contributed by atoms with van der Waals surface area (Å²) in [7, 11) is 0. The molecule has 2 atom stereocenters. The van der Waals surface area contributed by atoms with Gasteiger partial charge in [-0.15, -0.1) is 12.4 Å². The van der Waals surface area contributed by atoms with Crippen LogP contribution in [0.4, 0.5) is 0 Å². The first kappa shape index (κ1) is 23.9. The lowest BCUT2D eigenvalue weighted by atomic mass is 9.99. The minimum atomic E-state index is -0.660. The Hall–Kier alpha value is -2.41. The van der Waals surface area contributed by atoms with E-state index < -0.39 is 6.04 Å². The van der Waals surface area contributed by atoms with E-state index in [1.807, 2.05) is 42.5 Å². The van der Waals surface area contributed by atoms with Crippen molar-refractivity contribution in [3.05, 3.63) is 71.3 Å². The van der Waals surface area contributed by atoms with Crippen molar-refractivity contribution in [3.8, 4) is 0 Å². The van der Waals surface area contributed by atoms with E-state index in [0.717, 1.165) is 11.1 Å². The molecule has 2 aromatic rings. The molecule has 1 heterocycles. The lowest BCUT2D eigenvalue weighted by Gasteiger charge is -2.34. The molecule has 0 bridgehead atoms. The van der Waals surface area contributed by atoms with E-state index in [2.05, 4.69) is 31.3 Å². The van der Waals surface area contributed by atoms with E-state index in [1.165, 1.54) is 5.56 Å². The summed E-state index contributed by atoms with van der Waals surface area (Å²) >= 11 is 0. The third kappa shape index (κ3) is 6.05. The molecule has 3 rings (SSSR count). The lowest BCUT2D eigenvalue weighted by Crippen LogP contribution is -2.56. The SMILES string of the molecule is CC(C)c1ccc(C(N)CNC(=O)[C@H]2COCC(=O)N2Cc2ccccc2)cc1.Cl. The van der Waals surface area contributed by atoms with Gasteiger partial charge in [0.2, 0.25) is 11.8 Å². The molecule has 162 valence electrons. The average molecular weight is 432 g/mol. The molecule has 1 saturated heterocycles. The molecular weight excluding hydrogens is 402 g/mol. The average Bonchev–Trinajstić information content (AvgIpc) is 2.74. The maximum atomic E-state index is 12.8. The highest BCUT2D eigenvalue weighted by Gasteiger charge is 2.34. The maximum absolute atomic E-state index is 12.8. The molecule has 6 nitrogen and oxygen atoms in total. The van der Waals surface area contributed by atoms with Gasteiger partial charge in [-0.2, -0.15) is 0 Å². The number of hydrogen-bond acceptors (Lipinski definition) is 4.